The largest absolute Gasteiger partial charge is 0.476 e. The molecule has 2 aliphatic heterocycles. The molecule has 4 heterocycles. The van der Waals surface area contributed by atoms with Crippen LogP contribution in [0.2, 0.25) is 30.7 Å². The molecule has 1 fully saturated rings. The van der Waals surface area contributed by atoms with Crippen LogP contribution < -0.4 is 14.5 Å². The third kappa shape index (κ3) is 8.94. The summed E-state index contributed by atoms with van der Waals surface area (Å²) in [5.74, 6) is 0.213. The van der Waals surface area contributed by atoms with Crippen LogP contribution in [0.25, 0.3) is 16.6 Å². The lowest BCUT2D eigenvalue weighted by Crippen LogP contribution is -2.47. The van der Waals surface area contributed by atoms with Crippen molar-refractivity contribution in [3.8, 4) is 5.88 Å². The molecular weight excluding hydrogens is 702 g/mol. The minimum atomic E-state index is -1.18. The highest BCUT2D eigenvalue weighted by Crippen LogP contribution is 2.41. The first kappa shape index (κ1) is 37.5. The van der Waals surface area contributed by atoms with E-state index < -0.39 is 8.07 Å². The van der Waals surface area contributed by atoms with Crippen LogP contribution >= 0.6 is 11.6 Å². The molecule has 1 aliphatic carbocycles. The van der Waals surface area contributed by atoms with Crippen molar-refractivity contribution >= 4 is 59.3 Å². The van der Waals surface area contributed by atoms with E-state index in [0.29, 0.717) is 31.3 Å². The van der Waals surface area contributed by atoms with Gasteiger partial charge in [-0.3, -0.25) is 4.90 Å². The van der Waals surface area contributed by atoms with E-state index in [9.17, 15) is 4.79 Å². The van der Waals surface area contributed by atoms with Gasteiger partial charge in [-0.15, -0.1) is 0 Å². The SMILES string of the molecule is COC(=O)c1ccc(N2CCN(CC3=C(c4ccc(Cl)cc4)CCCCC3)CC2)cc1N1CCCOc2nc3c(ccn3COCC[Si](C)(C)C)cc21. The zero-order valence-corrected chi connectivity index (χ0v) is 33.6. The van der Waals surface area contributed by atoms with Crippen molar-refractivity contribution in [2.75, 3.05) is 69.4 Å². The van der Waals surface area contributed by atoms with Gasteiger partial charge in [-0.2, -0.15) is 4.98 Å². The fourth-order valence-corrected chi connectivity index (χ4v) is 8.65. The number of esters is 1. The molecule has 2 aromatic heterocycles. The Bertz CT molecular complexity index is 1930. The number of rotatable bonds is 11. The van der Waals surface area contributed by atoms with E-state index in [-0.39, 0.29) is 5.97 Å². The second kappa shape index (κ2) is 16.7. The van der Waals surface area contributed by atoms with E-state index in [0.717, 1.165) is 97.8 Å². The number of allylic oxidation sites excluding steroid dienone is 1. The van der Waals surface area contributed by atoms with Gasteiger partial charge in [-0.25, -0.2) is 4.79 Å². The van der Waals surface area contributed by atoms with Crippen LogP contribution in [0, 0.1) is 0 Å². The molecule has 53 heavy (non-hydrogen) atoms. The average Bonchev–Trinajstić information content (AvgIpc) is 3.27. The van der Waals surface area contributed by atoms with Gasteiger partial charge in [0.2, 0.25) is 5.88 Å². The van der Waals surface area contributed by atoms with Gasteiger partial charge < -0.3 is 28.6 Å². The minimum absolute atomic E-state index is 0.355. The van der Waals surface area contributed by atoms with E-state index in [1.165, 1.54) is 37.5 Å². The van der Waals surface area contributed by atoms with Crippen molar-refractivity contribution in [3.05, 3.63) is 82.5 Å². The maximum absolute atomic E-state index is 13.2. The topological polar surface area (TPSA) is 72.3 Å². The normalized spacial score (nSPS) is 17.4. The molecule has 0 bridgehead atoms. The Morgan fingerprint density at radius 2 is 1.70 bits per heavy atom. The zero-order chi connectivity index (χ0) is 37.0. The fraction of sp³-hybridized carbons (Fsp3) is 0.476. The van der Waals surface area contributed by atoms with E-state index in [1.54, 1.807) is 5.57 Å². The minimum Gasteiger partial charge on any atom is -0.476 e. The lowest BCUT2D eigenvalue weighted by atomic mass is 9.95. The highest BCUT2D eigenvalue weighted by atomic mass is 35.5. The number of benzene rings is 2. The van der Waals surface area contributed by atoms with Crippen LogP contribution in [0.1, 0.15) is 54.4 Å². The van der Waals surface area contributed by atoms with E-state index >= 15 is 0 Å². The first-order chi connectivity index (χ1) is 25.7. The molecule has 0 spiro atoms. The van der Waals surface area contributed by atoms with Crippen LogP contribution in [0.15, 0.2) is 66.4 Å². The maximum atomic E-state index is 13.2. The second-order valence-corrected chi connectivity index (χ2v) is 21.9. The first-order valence-corrected chi connectivity index (χ1v) is 23.4. The molecule has 0 unspecified atom stereocenters. The number of ether oxygens (including phenoxy) is 3. The molecule has 0 radical (unpaired) electrons. The van der Waals surface area contributed by atoms with Gasteiger partial charge in [0, 0.05) is 76.2 Å². The summed E-state index contributed by atoms with van der Waals surface area (Å²) < 4.78 is 19.7. The van der Waals surface area contributed by atoms with Gasteiger partial charge >= 0.3 is 5.97 Å². The van der Waals surface area contributed by atoms with Crippen molar-refractivity contribution in [1.82, 2.24) is 14.5 Å². The number of hydrogen-bond donors (Lipinski definition) is 0. The number of pyridine rings is 1. The van der Waals surface area contributed by atoms with Crippen LogP contribution in [-0.2, 0) is 16.2 Å². The summed E-state index contributed by atoms with van der Waals surface area (Å²) in [7, 11) is 0.270. The van der Waals surface area contributed by atoms with Crippen molar-refractivity contribution in [1.29, 1.82) is 0 Å². The van der Waals surface area contributed by atoms with Crippen molar-refractivity contribution in [2.24, 2.45) is 0 Å². The Labute approximate surface area is 320 Å². The van der Waals surface area contributed by atoms with Crippen LogP contribution in [0.3, 0.4) is 0 Å². The number of anilines is 3. The number of nitrogens with zero attached hydrogens (tertiary/aromatic N) is 5. The van der Waals surface area contributed by atoms with Gasteiger partial charge in [0.1, 0.15) is 18.1 Å². The molecule has 9 nitrogen and oxygen atoms in total. The van der Waals surface area contributed by atoms with Gasteiger partial charge in [0.05, 0.1) is 25.0 Å². The lowest BCUT2D eigenvalue weighted by molar-refractivity contribution is 0.0601. The third-order valence-electron chi connectivity index (χ3n) is 10.8. The van der Waals surface area contributed by atoms with Crippen molar-refractivity contribution in [2.45, 2.75) is 70.9 Å². The Morgan fingerprint density at radius 1 is 0.906 bits per heavy atom. The number of carbonyl (C=O) groups excluding carboxylic acids is 1. The number of methoxy groups -OCH3 is 1. The standard InChI is InChI=1S/C42H54ClN5O4Si/c1-50-42(49)37-16-15-35(46-22-20-45(21-23-46)29-33-9-6-5-7-10-36(33)31-11-13-34(43)14-12-31)28-38(37)48-18-8-24-52-41-39(48)27-32-17-19-47(40(32)44-41)30-51-25-26-53(2,3)4/h11-17,19,27-28H,5-10,18,20-26,29-30H2,1-4H3. The van der Waals surface area contributed by atoms with E-state index in [2.05, 4.69) is 70.7 Å². The highest BCUT2D eigenvalue weighted by Gasteiger charge is 2.28. The number of carbonyl (C=O) groups is 1. The number of aromatic nitrogens is 2. The first-order valence-electron chi connectivity index (χ1n) is 19.3. The highest BCUT2D eigenvalue weighted by molar-refractivity contribution is 6.76. The molecule has 0 saturated carbocycles. The summed E-state index contributed by atoms with van der Waals surface area (Å²) >= 11 is 6.24. The summed E-state index contributed by atoms with van der Waals surface area (Å²) in [5.41, 5.74) is 8.55. The summed E-state index contributed by atoms with van der Waals surface area (Å²) in [6.45, 7) is 14.3. The monoisotopic (exact) mass is 755 g/mol. The van der Waals surface area contributed by atoms with Crippen LogP contribution in [-0.4, -0.2) is 88.1 Å². The quantitative estimate of drug-likeness (QED) is 0.0853. The summed E-state index contributed by atoms with van der Waals surface area (Å²) in [5, 5.41) is 1.79. The Hall–Kier alpha value is -3.83. The number of fused-ring (bicyclic) bond motifs is 2. The van der Waals surface area contributed by atoms with Gasteiger partial charge in [0.25, 0.3) is 0 Å². The van der Waals surface area contributed by atoms with Gasteiger partial charge in [-0.1, -0.05) is 55.4 Å². The summed E-state index contributed by atoms with van der Waals surface area (Å²) in [6, 6.07) is 19.9. The number of halogens is 1. The molecule has 0 atom stereocenters. The molecule has 4 aromatic rings. The molecule has 2 aromatic carbocycles. The predicted molar refractivity (Wildman–Crippen MR) is 219 cm³/mol. The Morgan fingerprint density at radius 3 is 2.47 bits per heavy atom. The smallest absolute Gasteiger partial charge is 0.339 e. The molecular formula is C42H54ClN5O4Si. The lowest BCUT2D eigenvalue weighted by Gasteiger charge is -2.37. The van der Waals surface area contributed by atoms with Gasteiger partial charge in [0.15, 0.2) is 0 Å². The van der Waals surface area contributed by atoms with Crippen molar-refractivity contribution in [3.63, 3.8) is 0 Å². The van der Waals surface area contributed by atoms with E-state index in [4.69, 9.17) is 30.8 Å². The van der Waals surface area contributed by atoms with Crippen LogP contribution in [0.5, 0.6) is 5.88 Å². The molecule has 282 valence electrons. The fourth-order valence-electron chi connectivity index (χ4n) is 7.77. The predicted octanol–water partition coefficient (Wildman–Crippen LogP) is 9.25. The molecule has 3 aliphatic rings. The number of hydrogen-bond acceptors (Lipinski definition) is 8. The number of piperazine rings is 1. The van der Waals surface area contributed by atoms with Crippen molar-refractivity contribution < 1.29 is 19.0 Å². The molecule has 0 amide bonds. The summed E-state index contributed by atoms with van der Waals surface area (Å²) in [4.78, 5) is 25.5. The van der Waals surface area contributed by atoms with Gasteiger partial charge in [-0.05, 0) is 91.7 Å². The van der Waals surface area contributed by atoms with Crippen LogP contribution in [0.4, 0.5) is 17.1 Å². The Balaban J connectivity index is 1.11. The molecule has 0 N–H and O–H groups in total. The molecule has 7 rings (SSSR count). The third-order valence-corrected chi connectivity index (χ3v) is 12.8. The molecule has 11 heteroatoms. The zero-order valence-electron chi connectivity index (χ0n) is 31.8. The Kier molecular flexibility index (Phi) is 11.8. The van der Waals surface area contributed by atoms with E-state index in [1.807, 2.05) is 29.0 Å². The summed E-state index contributed by atoms with van der Waals surface area (Å²) in [6.07, 6.45) is 8.90. The second-order valence-electron chi connectivity index (χ2n) is 15.8. The maximum Gasteiger partial charge on any atom is 0.339 e. The average molecular weight is 756 g/mol. The molecule has 1 saturated heterocycles.